The number of amides is 1. The Kier molecular flexibility index (Phi) is 7.58. The highest BCUT2D eigenvalue weighted by molar-refractivity contribution is 6.35. The number of nitrogens with one attached hydrogen (secondary N) is 1. The van der Waals surface area contributed by atoms with Gasteiger partial charge in [-0.2, -0.15) is 5.26 Å². The van der Waals surface area contributed by atoms with Crippen LogP contribution in [0.1, 0.15) is 19.8 Å². The highest BCUT2D eigenvalue weighted by Crippen LogP contribution is 2.28. The van der Waals surface area contributed by atoms with Gasteiger partial charge in [-0.25, -0.2) is 0 Å². The van der Waals surface area contributed by atoms with E-state index in [1.54, 1.807) is 49.4 Å². The molecule has 0 saturated heterocycles. The zero-order chi connectivity index (χ0) is 18.9. The van der Waals surface area contributed by atoms with Crippen molar-refractivity contribution >= 4 is 34.8 Å². The molecule has 26 heavy (non-hydrogen) atoms. The molecule has 0 radical (unpaired) electrons. The molecule has 0 aromatic heterocycles. The summed E-state index contributed by atoms with van der Waals surface area (Å²) in [4.78, 5) is 12.3. The Hall–Kier alpha value is -2.42. The highest BCUT2D eigenvalue weighted by Gasteiger charge is 2.16. The van der Waals surface area contributed by atoms with Gasteiger partial charge >= 0.3 is 0 Å². The SMILES string of the molecule is CC(Oc1ccc(Cl)cc1Cl)C(=O)Nc1cccc(OCCCC#N)c1. The lowest BCUT2D eigenvalue weighted by Crippen LogP contribution is -2.30. The fourth-order valence-corrected chi connectivity index (χ4v) is 2.52. The Balaban J connectivity index is 1.93. The van der Waals surface area contributed by atoms with Crippen molar-refractivity contribution < 1.29 is 14.3 Å². The molecular formula is C19H18Cl2N2O3. The van der Waals surface area contributed by atoms with Crippen molar-refractivity contribution in [2.45, 2.75) is 25.9 Å². The standard InChI is InChI=1S/C19H18Cl2N2O3/c1-13(26-18-8-7-14(20)11-17(18)21)19(24)23-15-5-4-6-16(12-15)25-10-3-2-9-22/h4-8,11-13H,2-3,10H2,1H3,(H,23,24). The Bertz CT molecular complexity index is 806. The molecule has 0 bridgehead atoms. The van der Waals surface area contributed by atoms with Crippen molar-refractivity contribution in [2.75, 3.05) is 11.9 Å². The number of hydrogen-bond acceptors (Lipinski definition) is 4. The van der Waals surface area contributed by atoms with Crippen molar-refractivity contribution in [1.29, 1.82) is 5.26 Å². The minimum atomic E-state index is -0.756. The van der Waals surface area contributed by atoms with E-state index in [9.17, 15) is 4.79 Å². The third kappa shape index (κ3) is 6.14. The van der Waals surface area contributed by atoms with E-state index >= 15 is 0 Å². The molecule has 2 aromatic rings. The van der Waals surface area contributed by atoms with E-state index in [4.69, 9.17) is 37.9 Å². The molecular weight excluding hydrogens is 375 g/mol. The smallest absolute Gasteiger partial charge is 0.265 e. The molecule has 0 aliphatic heterocycles. The fourth-order valence-electron chi connectivity index (χ4n) is 2.06. The zero-order valence-corrected chi connectivity index (χ0v) is 15.7. The number of carbonyl (C=O) groups is 1. The number of hydrogen-bond donors (Lipinski definition) is 1. The Morgan fingerprint density at radius 2 is 2.08 bits per heavy atom. The van der Waals surface area contributed by atoms with Gasteiger partial charge in [0.25, 0.3) is 5.91 Å². The maximum atomic E-state index is 12.3. The number of unbranched alkanes of at least 4 members (excludes halogenated alkanes) is 1. The first-order chi connectivity index (χ1) is 12.5. The van der Waals surface area contributed by atoms with Crippen LogP contribution in [0.4, 0.5) is 5.69 Å². The van der Waals surface area contributed by atoms with Gasteiger partial charge in [0, 0.05) is 23.2 Å². The number of anilines is 1. The van der Waals surface area contributed by atoms with E-state index in [2.05, 4.69) is 11.4 Å². The second kappa shape index (κ2) is 9.91. The number of rotatable bonds is 8. The van der Waals surface area contributed by atoms with E-state index in [-0.39, 0.29) is 5.91 Å². The van der Waals surface area contributed by atoms with Crippen LogP contribution in [0.3, 0.4) is 0 Å². The van der Waals surface area contributed by atoms with Gasteiger partial charge < -0.3 is 14.8 Å². The number of carbonyl (C=O) groups excluding carboxylic acids is 1. The Labute approximate surface area is 162 Å². The van der Waals surface area contributed by atoms with Crippen LogP contribution in [0.15, 0.2) is 42.5 Å². The lowest BCUT2D eigenvalue weighted by molar-refractivity contribution is -0.122. The summed E-state index contributed by atoms with van der Waals surface area (Å²) in [6.07, 6.45) is 0.340. The molecule has 0 spiro atoms. The maximum absolute atomic E-state index is 12.3. The van der Waals surface area contributed by atoms with Gasteiger partial charge in [-0.1, -0.05) is 29.3 Å². The molecule has 1 N–H and O–H groups in total. The summed E-state index contributed by atoms with van der Waals surface area (Å²) in [6.45, 7) is 2.07. The molecule has 0 saturated carbocycles. The average molecular weight is 393 g/mol. The van der Waals surface area contributed by atoms with Crippen molar-refractivity contribution in [3.8, 4) is 17.6 Å². The van der Waals surface area contributed by atoms with E-state index in [1.165, 1.54) is 0 Å². The summed E-state index contributed by atoms with van der Waals surface area (Å²) in [6, 6.07) is 13.9. The largest absolute Gasteiger partial charge is 0.493 e. The van der Waals surface area contributed by atoms with Crippen molar-refractivity contribution in [1.82, 2.24) is 0 Å². The number of halogens is 2. The molecule has 0 aliphatic carbocycles. The van der Waals surface area contributed by atoms with Gasteiger partial charge in [0.05, 0.1) is 17.7 Å². The van der Waals surface area contributed by atoms with Crippen LogP contribution in [0.5, 0.6) is 11.5 Å². The van der Waals surface area contributed by atoms with Crippen LogP contribution in [0, 0.1) is 11.3 Å². The first kappa shape index (κ1) is 19.9. The molecule has 2 rings (SSSR count). The molecule has 136 valence electrons. The van der Waals surface area contributed by atoms with Gasteiger partial charge in [-0.05, 0) is 43.7 Å². The first-order valence-electron chi connectivity index (χ1n) is 8.02. The minimum Gasteiger partial charge on any atom is -0.493 e. The molecule has 1 unspecified atom stereocenters. The molecule has 0 heterocycles. The fraction of sp³-hybridized carbons (Fsp3) is 0.263. The quantitative estimate of drug-likeness (QED) is 0.635. The summed E-state index contributed by atoms with van der Waals surface area (Å²) in [5, 5.41) is 12.1. The maximum Gasteiger partial charge on any atom is 0.265 e. The van der Waals surface area contributed by atoms with Crippen LogP contribution in [-0.2, 0) is 4.79 Å². The molecule has 0 fully saturated rings. The van der Waals surface area contributed by atoms with Crippen molar-refractivity contribution in [2.24, 2.45) is 0 Å². The second-order valence-corrected chi connectivity index (χ2v) is 6.31. The molecule has 1 atom stereocenters. The van der Waals surface area contributed by atoms with Crippen molar-refractivity contribution in [3.05, 3.63) is 52.5 Å². The van der Waals surface area contributed by atoms with Crippen LogP contribution >= 0.6 is 23.2 Å². The van der Waals surface area contributed by atoms with Crippen molar-refractivity contribution in [3.63, 3.8) is 0 Å². The topological polar surface area (TPSA) is 71.3 Å². The molecule has 1 amide bonds. The monoisotopic (exact) mass is 392 g/mol. The molecule has 5 nitrogen and oxygen atoms in total. The number of nitriles is 1. The lowest BCUT2D eigenvalue weighted by atomic mass is 10.2. The second-order valence-electron chi connectivity index (χ2n) is 5.46. The van der Waals surface area contributed by atoms with Gasteiger partial charge in [0.2, 0.25) is 0 Å². The van der Waals surface area contributed by atoms with Crippen LogP contribution in [-0.4, -0.2) is 18.6 Å². The molecule has 7 heteroatoms. The Morgan fingerprint density at radius 1 is 1.27 bits per heavy atom. The predicted molar refractivity (Wildman–Crippen MR) is 102 cm³/mol. The number of benzene rings is 2. The number of nitrogens with zero attached hydrogens (tertiary/aromatic N) is 1. The number of ether oxygens (including phenoxy) is 2. The third-order valence-electron chi connectivity index (χ3n) is 3.37. The minimum absolute atomic E-state index is 0.322. The summed E-state index contributed by atoms with van der Waals surface area (Å²) < 4.78 is 11.1. The zero-order valence-electron chi connectivity index (χ0n) is 14.2. The van der Waals surface area contributed by atoms with Gasteiger partial charge in [0.1, 0.15) is 11.5 Å². The van der Waals surface area contributed by atoms with Gasteiger partial charge in [-0.3, -0.25) is 4.79 Å². The van der Waals surface area contributed by atoms with Gasteiger partial charge in [0.15, 0.2) is 6.10 Å². The van der Waals surface area contributed by atoms with Crippen LogP contribution in [0.25, 0.3) is 0 Å². The van der Waals surface area contributed by atoms with Crippen LogP contribution in [0.2, 0.25) is 10.0 Å². The van der Waals surface area contributed by atoms with E-state index in [0.717, 1.165) is 0 Å². The highest BCUT2D eigenvalue weighted by atomic mass is 35.5. The Morgan fingerprint density at radius 3 is 2.81 bits per heavy atom. The van der Waals surface area contributed by atoms with E-state index in [1.807, 2.05) is 0 Å². The predicted octanol–water partition coefficient (Wildman–Crippen LogP) is 5.08. The lowest BCUT2D eigenvalue weighted by Gasteiger charge is -2.16. The summed E-state index contributed by atoms with van der Waals surface area (Å²) in [7, 11) is 0. The average Bonchev–Trinajstić information content (AvgIpc) is 2.61. The van der Waals surface area contributed by atoms with E-state index in [0.29, 0.717) is 46.7 Å². The first-order valence-corrected chi connectivity index (χ1v) is 8.77. The van der Waals surface area contributed by atoms with Crippen LogP contribution < -0.4 is 14.8 Å². The van der Waals surface area contributed by atoms with E-state index < -0.39 is 6.10 Å². The summed E-state index contributed by atoms with van der Waals surface area (Å²) in [5.41, 5.74) is 0.588. The third-order valence-corrected chi connectivity index (χ3v) is 3.90. The van der Waals surface area contributed by atoms with Gasteiger partial charge in [-0.15, -0.1) is 0 Å². The molecule has 0 aliphatic rings. The summed E-state index contributed by atoms with van der Waals surface area (Å²) in [5.74, 6) is 0.681. The summed E-state index contributed by atoms with van der Waals surface area (Å²) >= 11 is 11.9. The molecule has 2 aromatic carbocycles. The normalized spacial score (nSPS) is 11.3.